The molecule has 0 bridgehead atoms. The molecule has 0 spiro atoms. The molecule has 0 saturated carbocycles. The Morgan fingerprint density at radius 1 is 1.82 bits per heavy atom. The topological polar surface area (TPSA) is 84.0 Å². The van der Waals surface area contributed by atoms with E-state index in [1.807, 2.05) is 0 Å². The number of aryl methyl sites for hydroxylation is 1. The van der Waals surface area contributed by atoms with E-state index in [4.69, 9.17) is 5.73 Å². The Morgan fingerprint density at radius 3 is 2.55 bits per heavy atom. The second kappa shape index (κ2) is 3.46. The molecule has 0 unspecified atom stereocenters. The molecule has 1 rings (SSSR count). The summed E-state index contributed by atoms with van der Waals surface area (Å²) in [5.41, 5.74) is 5.08. The van der Waals surface area contributed by atoms with Crippen LogP contribution in [0.4, 0.5) is 5.82 Å². The van der Waals surface area contributed by atoms with Crippen molar-refractivity contribution in [3.8, 4) is 0 Å². The predicted molar refractivity (Wildman–Crippen MR) is 32.0 cm³/mol. The van der Waals surface area contributed by atoms with E-state index in [-0.39, 0.29) is 30.4 Å². The fourth-order valence-electron chi connectivity index (χ4n) is 0.597. The third kappa shape index (κ3) is 1.76. The predicted octanol–water partition coefficient (Wildman–Crippen LogP) is -4.63. The van der Waals surface area contributed by atoms with Gasteiger partial charge in [0.05, 0.1) is 12.3 Å². The summed E-state index contributed by atoms with van der Waals surface area (Å²) in [5, 5.41) is 10.2. The monoisotopic (exact) mass is 147 g/mol. The molecule has 2 N–H and O–H groups in total. The number of imidazole rings is 1. The molecule has 0 aliphatic rings. The van der Waals surface area contributed by atoms with Crippen molar-refractivity contribution in [2.24, 2.45) is 7.05 Å². The fourth-order valence-corrected chi connectivity index (χ4v) is 0.597. The zero-order valence-electron chi connectivity index (χ0n) is 6.37. The van der Waals surface area contributed by atoms with Gasteiger partial charge >= 0.3 is 18.9 Å². The maximum atomic E-state index is 10.2. The van der Waals surface area contributed by atoms with Crippen LogP contribution in [0.25, 0.3) is 0 Å². The Balaban J connectivity index is 0.000001000. The van der Waals surface area contributed by atoms with Crippen molar-refractivity contribution in [1.82, 2.24) is 9.55 Å². The standard InChI is InChI=1S/C5H7N3O2.Li/c1-8-2-7-3(4(8)6)5(9)10;/h2H,6H2,1H3,(H,9,10);/q;+1/p-1. The molecule has 0 aromatic carbocycles. The summed E-state index contributed by atoms with van der Waals surface area (Å²) >= 11 is 0. The molecular formula is C5H6LiN3O2. The van der Waals surface area contributed by atoms with Crippen molar-refractivity contribution in [2.75, 3.05) is 5.73 Å². The van der Waals surface area contributed by atoms with Gasteiger partial charge in [-0.1, -0.05) is 0 Å². The van der Waals surface area contributed by atoms with Crippen LogP contribution in [0.2, 0.25) is 0 Å². The molecule has 0 aliphatic heterocycles. The van der Waals surface area contributed by atoms with E-state index in [9.17, 15) is 9.90 Å². The van der Waals surface area contributed by atoms with Crippen molar-refractivity contribution in [1.29, 1.82) is 0 Å². The Hall–Kier alpha value is -0.923. The molecule has 1 aromatic heterocycles. The van der Waals surface area contributed by atoms with Gasteiger partial charge < -0.3 is 20.2 Å². The molecule has 0 atom stereocenters. The van der Waals surface area contributed by atoms with Gasteiger partial charge in [-0.25, -0.2) is 4.98 Å². The molecular weight excluding hydrogens is 141 g/mol. The first-order valence-corrected chi connectivity index (χ1v) is 2.61. The van der Waals surface area contributed by atoms with E-state index in [0.29, 0.717) is 0 Å². The van der Waals surface area contributed by atoms with Crippen molar-refractivity contribution < 1.29 is 28.8 Å². The van der Waals surface area contributed by atoms with Gasteiger partial charge in [0, 0.05) is 7.05 Å². The van der Waals surface area contributed by atoms with Gasteiger partial charge in [-0.15, -0.1) is 0 Å². The molecule has 54 valence electrons. The first-order chi connectivity index (χ1) is 4.63. The molecule has 11 heavy (non-hydrogen) atoms. The number of hydrogen-bond acceptors (Lipinski definition) is 4. The number of aromatic carboxylic acids is 1. The van der Waals surface area contributed by atoms with E-state index in [1.54, 1.807) is 7.05 Å². The van der Waals surface area contributed by atoms with Crippen LogP contribution in [0.3, 0.4) is 0 Å². The van der Waals surface area contributed by atoms with E-state index < -0.39 is 5.97 Å². The molecule has 0 radical (unpaired) electrons. The molecule has 0 amide bonds. The number of anilines is 1. The van der Waals surface area contributed by atoms with E-state index in [1.165, 1.54) is 10.9 Å². The molecule has 1 aromatic rings. The largest absolute Gasteiger partial charge is 1.00 e. The van der Waals surface area contributed by atoms with Crippen molar-refractivity contribution in [3.63, 3.8) is 0 Å². The number of nitrogens with two attached hydrogens (primary N) is 1. The average Bonchev–Trinajstić information content (AvgIpc) is 2.14. The zero-order valence-corrected chi connectivity index (χ0v) is 6.37. The third-order valence-electron chi connectivity index (χ3n) is 1.18. The second-order valence-corrected chi connectivity index (χ2v) is 1.88. The third-order valence-corrected chi connectivity index (χ3v) is 1.18. The van der Waals surface area contributed by atoms with E-state index >= 15 is 0 Å². The van der Waals surface area contributed by atoms with Gasteiger partial charge in [0.15, 0.2) is 0 Å². The minimum absolute atomic E-state index is 0. The Labute approximate surface area is 75.4 Å². The molecule has 0 saturated heterocycles. The number of carbonyl (C=O) groups is 1. The van der Waals surface area contributed by atoms with Crippen molar-refractivity contribution in [3.05, 3.63) is 12.0 Å². The quantitative estimate of drug-likeness (QED) is 0.405. The summed E-state index contributed by atoms with van der Waals surface area (Å²) in [4.78, 5) is 13.7. The van der Waals surface area contributed by atoms with Gasteiger partial charge in [-0.2, -0.15) is 0 Å². The van der Waals surface area contributed by atoms with Gasteiger partial charge in [0.1, 0.15) is 11.5 Å². The van der Waals surface area contributed by atoms with Crippen LogP contribution in [-0.2, 0) is 7.05 Å². The summed E-state index contributed by atoms with van der Waals surface area (Å²) < 4.78 is 1.41. The Kier molecular flexibility index (Phi) is 3.17. The smallest absolute Gasteiger partial charge is 0.543 e. The molecule has 5 nitrogen and oxygen atoms in total. The molecule has 1 heterocycles. The van der Waals surface area contributed by atoms with Crippen molar-refractivity contribution in [2.45, 2.75) is 0 Å². The number of aromatic nitrogens is 2. The summed E-state index contributed by atoms with van der Waals surface area (Å²) in [7, 11) is 1.61. The van der Waals surface area contributed by atoms with Crippen LogP contribution in [0, 0.1) is 0 Å². The van der Waals surface area contributed by atoms with Crippen LogP contribution in [0.15, 0.2) is 6.33 Å². The van der Waals surface area contributed by atoms with Gasteiger partial charge in [-0.05, 0) is 0 Å². The van der Waals surface area contributed by atoms with Gasteiger partial charge in [0.25, 0.3) is 0 Å². The number of carboxylic acids is 1. The van der Waals surface area contributed by atoms with E-state index in [0.717, 1.165) is 0 Å². The summed E-state index contributed by atoms with van der Waals surface area (Å²) in [6, 6.07) is 0. The first-order valence-electron chi connectivity index (χ1n) is 2.61. The fraction of sp³-hybridized carbons (Fsp3) is 0.200. The molecule has 0 aliphatic carbocycles. The molecule has 6 heteroatoms. The summed E-state index contributed by atoms with van der Waals surface area (Å²) in [5.74, 6) is -1.24. The summed E-state index contributed by atoms with van der Waals surface area (Å²) in [6.07, 6.45) is 1.32. The number of carboxylic acid groups (broad SMARTS) is 1. The number of nitrogens with zero attached hydrogens (tertiary/aromatic N) is 2. The summed E-state index contributed by atoms with van der Waals surface area (Å²) in [6.45, 7) is 0. The SMILES string of the molecule is Cn1cnc(C(=O)[O-])c1N.[Li+]. The maximum absolute atomic E-state index is 10.2. The normalized spacial score (nSPS) is 8.82. The minimum Gasteiger partial charge on any atom is -0.543 e. The number of rotatable bonds is 1. The first kappa shape index (κ1) is 10.1. The van der Waals surface area contributed by atoms with Gasteiger partial charge in [-0.3, -0.25) is 0 Å². The average molecular weight is 147 g/mol. The van der Waals surface area contributed by atoms with Crippen LogP contribution < -0.4 is 29.7 Å². The van der Waals surface area contributed by atoms with Crippen LogP contribution in [0.5, 0.6) is 0 Å². The number of carbonyl (C=O) groups excluding carboxylic acids is 1. The van der Waals surface area contributed by atoms with Crippen LogP contribution in [0.1, 0.15) is 10.5 Å². The van der Waals surface area contributed by atoms with E-state index in [2.05, 4.69) is 4.98 Å². The molecule has 0 fully saturated rings. The zero-order chi connectivity index (χ0) is 7.72. The second-order valence-electron chi connectivity index (χ2n) is 1.88. The maximum Gasteiger partial charge on any atom is 1.00 e. The minimum atomic E-state index is -1.35. The van der Waals surface area contributed by atoms with Crippen LogP contribution in [-0.4, -0.2) is 15.5 Å². The van der Waals surface area contributed by atoms with Crippen molar-refractivity contribution >= 4 is 11.8 Å². The van der Waals surface area contributed by atoms with Gasteiger partial charge in [0.2, 0.25) is 0 Å². The Bertz CT molecular complexity index is 271. The van der Waals surface area contributed by atoms with Crippen LogP contribution >= 0.6 is 0 Å². The Morgan fingerprint density at radius 2 is 2.36 bits per heavy atom. The number of hydrogen-bond donors (Lipinski definition) is 1. The number of nitrogen functional groups attached to an aromatic ring is 1.